The number of allylic oxidation sites excluding steroid dienone is 2. The average Bonchev–Trinajstić information content (AvgIpc) is 1.97. The van der Waals surface area contributed by atoms with Crippen LogP contribution >= 0.6 is 0 Å². The fourth-order valence-electron chi connectivity index (χ4n) is 12.4. The van der Waals surface area contributed by atoms with Crippen molar-refractivity contribution >= 4 is 27.6 Å². The van der Waals surface area contributed by atoms with Gasteiger partial charge in [0.15, 0.2) is 5.78 Å². The molecule has 83 heavy (non-hydrogen) atoms. The van der Waals surface area contributed by atoms with Crippen molar-refractivity contribution in [1.82, 2.24) is 14.1 Å². The number of aromatic nitrogens is 3. The average molecular weight is 1280 g/mol. The van der Waals surface area contributed by atoms with Gasteiger partial charge in [0.05, 0.1) is 16.8 Å². The van der Waals surface area contributed by atoms with Crippen LogP contribution in [0.5, 0.6) is 0 Å². The smallest absolute Gasteiger partial charge is 0.159 e. The Hall–Kier alpha value is -7.33. The van der Waals surface area contributed by atoms with E-state index in [1.165, 1.54) is 55.7 Å². The Morgan fingerprint density at radius 1 is 0.566 bits per heavy atom. The number of ketones is 1. The minimum atomic E-state index is -0.545. The monoisotopic (exact) mass is 1280 g/mol. The SMILES string of the molecule is C/C(O)=C/C(=O)CCc1ccc(C(CC(C)(C)C)C(C)(C)C(C)(C)CC(c2ccc(C(C)(c3cn(-c4ccccc4)c4ccccc34)c3cn(-c4ccccc4)c4ccccc34)cc2)C(C)(C)C)cc1.[Pt].[c-]1ccccc1-c1ccccn1. The number of carbonyl (C=O) groups is 1. The number of aryl methyl sites for hydroxylation is 1. The van der Waals surface area contributed by atoms with Gasteiger partial charge in [0, 0.05) is 79.7 Å². The van der Waals surface area contributed by atoms with Crippen molar-refractivity contribution in [2.45, 2.75) is 126 Å². The van der Waals surface area contributed by atoms with Gasteiger partial charge < -0.3 is 19.2 Å². The number of aliphatic hydroxyl groups excluding tert-OH is 1. The Morgan fingerprint density at radius 2 is 1.06 bits per heavy atom. The molecule has 0 amide bonds. The van der Waals surface area contributed by atoms with Crippen LogP contribution in [0.2, 0.25) is 0 Å². The van der Waals surface area contributed by atoms with E-state index in [9.17, 15) is 9.90 Å². The predicted molar refractivity (Wildman–Crippen MR) is 344 cm³/mol. The number of pyridine rings is 1. The van der Waals surface area contributed by atoms with E-state index in [2.05, 4.69) is 266 Å². The van der Waals surface area contributed by atoms with Crippen LogP contribution in [0.15, 0.2) is 231 Å². The molecule has 0 radical (unpaired) electrons. The van der Waals surface area contributed by atoms with Gasteiger partial charge in [0.25, 0.3) is 0 Å². The van der Waals surface area contributed by atoms with E-state index < -0.39 is 5.41 Å². The van der Waals surface area contributed by atoms with Crippen molar-refractivity contribution < 1.29 is 31.0 Å². The molecule has 3 heterocycles. The number of hydrogen-bond acceptors (Lipinski definition) is 3. The minimum Gasteiger partial charge on any atom is -0.512 e. The molecule has 0 bridgehead atoms. The molecule has 0 saturated carbocycles. The third-order valence-corrected chi connectivity index (χ3v) is 17.7. The molecule has 0 aliphatic heterocycles. The van der Waals surface area contributed by atoms with Crippen LogP contribution < -0.4 is 0 Å². The molecule has 5 nitrogen and oxygen atoms in total. The Kier molecular flexibility index (Phi) is 19.1. The molecule has 10 aromatic rings. The number of benzene rings is 7. The van der Waals surface area contributed by atoms with Crippen LogP contribution in [0.4, 0.5) is 0 Å². The quantitative estimate of drug-likeness (QED) is 0.0561. The Morgan fingerprint density at radius 3 is 1.54 bits per heavy atom. The molecule has 7 aromatic carbocycles. The molecule has 1 N–H and O–H groups in total. The van der Waals surface area contributed by atoms with Gasteiger partial charge in [-0.2, -0.15) is 0 Å². The van der Waals surface area contributed by atoms with Crippen molar-refractivity contribution in [3.05, 3.63) is 270 Å². The second-order valence-corrected chi connectivity index (χ2v) is 26.3. The number of para-hydroxylation sites is 4. The molecular weight excluding hydrogens is 1190 g/mol. The summed E-state index contributed by atoms with van der Waals surface area (Å²) in [6, 6.07) is 74.9. The Balaban J connectivity index is 0.000000611. The summed E-state index contributed by atoms with van der Waals surface area (Å²) < 4.78 is 4.74. The van der Waals surface area contributed by atoms with Crippen LogP contribution in [0.3, 0.4) is 0 Å². The van der Waals surface area contributed by atoms with E-state index in [-0.39, 0.29) is 60.2 Å². The summed E-state index contributed by atoms with van der Waals surface area (Å²) in [5.74, 6) is 0.601. The summed E-state index contributed by atoms with van der Waals surface area (Å²) in [5, 5.41) is 12.1. The fraction of sp³-hybridized carbons (Fsp3) is 0.299. The molecule has 0 spiro atoms. The summed E-state index contributed by atoms with van der Waals surface area (Å²) in [5.41, 5.74) is 13.8. The van der Waals surface area contributed by atoms with E-state index >= 15 is 0 Å². The standard InChI is InChI=1S/C66H76N2O2.C11H8N.Pt/c1-46(69)41-53(70)40-33-47-31-34-49(35-32-47)57(42-62(2,3)4)65(10,11)64(8,9)43-56(63(5,6)7)48-36-38-50(39-37-48)66(12,58-44-67(51-23-15-13-16-24-51)60-29-21-19-27-54(58)60)59-45-68(52-25-17-14-18-26-52)61-30-22-20-28-55(59)61;1-2-6-10(7-3-1)11-8-4-5-9-12-11;/h13-32,34-39,41,44-45,56-57,69H,33,40,42-43H2,1-12H3;1-6,8-9H;/q;-1;/b46-41-;;. The topological polar surface area (TPSA) is 60.0 Å². The Bertz CT molecular complexity index is 3590. The van der Waals surface area contributed by atoms with Gasteiger partial charge in [-0.1, -0.05) is 203 Å². The van der Waals surface area contributed by atoms with Crippen LogP contribution in [-0.2, 0) is 37.7 Å². The van der Waals surface area contributed by atoms with Crippen molar-refractivity contribution in [3.8, 4) is 22.6 Å². The maximum Gasteiger partial charge on any atom is 0.159 e. The maximum atomic E-state index is 12.4. The number of carbonyl (C=O) groups excluding carboxylic acids is 1. The van der Waals surface area contributed by atoms with Crippen molar-refractivity contribution in [2.24, 2.45) is 21.7 Å². The first-order valence-electron chi connectivity index (χ1n) is 29.3. The first kappa shape index (κ1) is 61.7. The van der Waals surface area contributed by atoms with Crippen molar-refractivity contribution in [1.29, 1.82) is 0 Å². The van der Waals surface area contributed by atoms with Gasteiger partial charge in [-0.05, 0) is 148 Å². The third kappa shape index (κ3) is 13.9. The molecule has 0 fully saturated rings. The van der Waals surface area contributed by atoms with Gasteiger partial charge in [0.2, 0.25) is 0 Å². The summed E-state index contributed by atoms with van der Waals surface area (Å²) in [6.45, 7) is 28.4. The molecule has 10 rings (SSSR count). The van der Waals surface area contributed by atoms with Gasteiger partial charge in [-0.15, -0.1) is 35.9 Å². The molecule has 430 valence electrons. The number of hydrogen-bond donors (Lipinski definition) is 1. The molecule has 2 unspecified atom stereocenters. The molecule has 0 aliphatic rings. The number of rotatable bonds is 17. The zero-order valence-corrected chi connectivity index (χ0v) is 53.1. The van der Waals surface area contributed by atoms with E-state index in [4.69, 9.17) is 0 Å². The first-order chi connectivity index (χ1) is 39.0. The molecule has 2 atom stereocenters. The third-order valence-electron chi connectivity index (χ3n) is 17.7. The van der Waals surface area contributed by atoms with Gasteiger partial charge in [-0.25, -0.2) is 0 Å². The van der Waals surface area contributed by atoms with Crippen molar-refractivity contribution in [2.75, 3.05) is 0 Å². The van der Waals surface area contributed by atoms with E-state index in [1.54, 1.807) is 13.1 Å². The number of nitrogens with zero attached hydrogens (tertiary/aromatic N) is 3. The zero-order valence-electron chi connectivity index (χ0n) is 50.9. The largest absolute Gasteiger partial charge is 0.512 e. The summed E-state index contributed by atoms with van der Waals surface area (Å²) in [6.07, 6.45) is 11.0. The normalized spacial score (nSPS) is 13.2. The summed E-state index contributed by atoms with van der Waals surface area (Å²) >= 11 is 0. The molecule has 0 saturated heterocycles. The van der Waals surface area contributed by atoms with Crippen LogP contribution in [-0.4, -0.2) is 25.0 Å². The van der Waals surface area contributed by atoms with E-state index in [1.807, 2.05) is 42.5 Å². The summed E-state index contributed by atoms with van der Waals surface area (Å²) in [7, 11) is 0. The molecule has 6 heteroatoms. The van der Waals surface area contributed by atoms with E-state index in [0.717, 1.165) is 41.0 Å². The second-order valence-electron chi connectivity index (χ2n) is 26.3. The first-order valence-corrected chi connectivity index (χ1v) is 29.3. The minimum absolute atomic E-state index is 0. The molecular formula is C77H84N3O2Pt-. The van der Waals surface area contributed by atoms with Gasteiger partial charge in [-0.3, -0.25) is 4.79 Å². The zero-order chi connectivity index (χ0) is 58.5. The molecule has 3 aromatic heterocycles. The predicted octanol–water partition coefficient (Wildman–Crippen LogP) is 20.2. The van der Waals surface area contributed by atoms with Crippen molar-refractivity contribution in [3.63, 3.8) is 0 Å². The number of aliphatic hydroxyl groups is 1. The number of fused-ring (bicyclic) bond motifs is 2. The summed E-state index contributed by atoms with van der Waals surface area (Å²) in [4.78, 5) is 16.6. The second kappa shape index (κ2) is 25.7. The van der Waals surface area contributed by atoms with Gasteiger partial charge in [0.1, 0.15) is 0 Å². The van der Waals surface area contributed by atoms with Gasteiger partial charge >= 0.3 is 0 Å². The maximum absolute atomic E-state index is 12.4. The fourth-order valence-corrected chi connectivity index (χ4v) is 12.4. The van der Waals surface area contributed by atoms with Crippen LogP contribution in [0, 0.1) is 27.7 Å². The Labute approximate surface area is 509 Å². The molecule has 0 aliphatic carbocycles. The van der Waals surface area contributed by atoms with Crippen LogP contribution in [0.1, 0.15) is 148 Å². The van der Waals surface area contributed by atoms with E-state index in [0.29, 0.717) is 18.8 Å². The van der Waals surface area contributed by atoms with Crippen LogP contribution in [0.25, 0.3) is 44.4 Å².